The first-order valence-electron chi connectivity index (χ1n) is 8.45. The summed E-state index contributed by atoms with van der Waals surface area (Å²) in [5, 5.41) is 6.67. The molecule has 0 saturated carbocycles. The molecule has 24 heavy (non-hydrogen) atoms. The molecule has 1 amide bonds. The number of ether oxygens (including phenoxy) is 1. The molecule has 1 aliphatic heterocycles. The number of carbonyl (C=O) groups excluding carboxylic acids is 1. The monoisotopic (exact) mass is 455 g/mol. The zero-order valence-corrected chi connectivity index (χ0v) is 18.0. The molecule has 2 unspecified atom stereocenters. The van der Waals surface area contributed by atoms with Gasteiger partial charge in [-0.3, -0.25) is 9.69 Å². The van der Waals surface area contributed by atoms with Crippen LogP contribution in [-0.2, 0) is 9.53 Å². The Kier molecular flexibility index (Phi) is 12.4. The summed E-state index contributed by atoms with van der Waals surface area (Å²) in [5.41, 5.74) is 0. The van der Waals surface area contributed by atoms with Gasteiger partial charge in [-0.05, 0) is 32.9 Å². The SMILES string of the molecule is CCN1CCCC1CNC(=NCC(=O)N(C)C)NC(C)COC.I. The average Bonchev–Trinajstić information content (AvgIpc) is 2.97. The van der Waals surface area contributed by atoms with Crippen LogP contribution in [0.25, 0.3) is 0 Å². The van der Waals surface area contributed by atoms with Gasteiger partial charge in [0.15, 0.2) is 5.96 Å². The van der Waals surface area contributed by atoms with Crippen LogP contribution in [0.5, 0.6) is 0 Å². The predicted molar refractivity (Wildman–Crippen MR) is 109 cm³/mol. The number of rotatable bonds is 8. The second kappa shape index (κ2) is 12.7. The Morgan fingerprint density at radius 3 is 2.75 bits per heavy atom. The Hall–Kier alpha value is -0.610. The number of likely N-dealkylation sites (tertiary alicyclic amines) is 1. The van der Waals surface area contributed by atoms with Crippen molar-refractivity contribution in [2.45, 2.75) is 38.8 Å². The molecule has 2 atom stereocenters. The number of amides is 1. The number of nitrogens with one attached hydrogen (secondary N) is 2. The van der Waals surface area contributed by atoms with Crippen molar-refractivity contribution in [2.75, 3.05) is 54.0 Å². The van der Waals surface area contributed by atoms with Gasteiger partial charge in [-0.1, -0.05) is 6.92 Å². The lowest BCUT2D eigenvalue weighted by atomic mass is 10.2. The number of nitrogens with zero attached hydrogens (tertiary/aromatic N) is 3. The summed E-state index contributed by atoms with van der Waals surface area (Å²) in [6.07, 6.45) is 2.46. The normalized spacial score (nSPS) is 19.5. The molecule has 0 radical (unpaired) electrons. The lowest BCUT2D eigenvalue weighted by molar-refractivity contribution is -0.127. The van der Waals surface area contributed by atoms with E-state index in [1.54, 1.807) is 26.1 Å². The first-order chi connectivity index (χ1) is 11.0. The quantitative estimate of drug-likeness (QED) is 0.321. The van der Waals surface area contributed by atoms with Crippen molar-refractivity contribution >= 4 is 35.8 Å². The maximum Gasteiger partial charge on any atom is 0.243 e. The van der Waals surface area contributed by atoms with Gasteiger partial charge in [0.2, 0.25) is 5.91 Å². The van der Waals surface area contributed by atoms with E-state index in [-0.39, 0.29) is 42.5 Å². The van der Waals surface area contributed by atoms with Crippen molar-refractivity contribution in [2.24, 2.45) is 4.99 Å². The maximum absolute atomic E-state index is 11.7. The highest BCUT2D eigenvalue weighted by Crippen LogP contribution is 2.15. The van der Waals surface area contributed by atoms with E-state index in [0.717, 1.165) is 13.1 Å². The fraction of sp³-hybridized carbons (Fsp3) is 0.875. The van der Waals surface area contributed by atoms with Crippen molar-refractivity contribution in [1.82, 2.24) is 20.4 Å². The third-order valence-corrected chi connectivity index (χ3v) is 4.08. The zero-order chi connectivity index (χ0) is 17.2. The molecule has 0 bridgehead atoms. The number of aliphatic imine (C=N–C) groups is 1. The lowest BCUT2D eigenvalue weighted by Gasteiger charge is -2.25. The van der Waals surface area contributed by atoms with Gasteiger partial charge < -0.3 is 20.3 Å². The summed E-state index contributed by atoms with van der Waals surface area (Å²) in [6, 6.07) is 0.667. The van der Waals surface area contributed by atoms with E-state index in [9.17, 15) is 4.79 Å². The highest BCUT2D eigenvalue weighted by molar-refractivity contribution is 14.0. The Bertz CT molecular complexity index is 393. The largest absolute Gasteiger partial charge is 0.383 e. The van der Waals surface area contributed by atoms with Gasteiger partial charge in [-0.25, -0.2) is 4.99 Å². The minimum atomic E-state index is -0.0125. The van der Waals surface area contributed by atoms with E-state index in [0.29, 0.717) is 18.6 Å². The molecule has 1 saturated heterocycles. The highest BCUT2D eigenvalue weighted by atomic mass is 127. The van der Waals surface area contributed by atoms with Crippen LogP contribution in [0.2, 0.25) is 0 Å². The van der Waals surface area contributed by atoms with Crippen LogP contribution in [0.15, 0.2) is 4.99 Å². The van der Waals surface area contributed by atoms with Gasteiger partial charge in [0.1, 0.15) is 6.54 Å². The third kappa shape index (κ3) is 8.48. The van der Waals surface area contributed by atoms with Crippen LogP contribution in [0.4, 0.5) is 0 Å². The molecular formula is C16H34IN5O2. The molecule has 2 N–H and O–H groups in total. The zero-order valence-electron chi connectivity index (χ0n) is 15.7. The summed E-state index contributed by atoms with van der Waals surface area (Å²) in [7, 11) is 5.16. The molecule has 0 aliphatic carbocycles. The number of methoxy groups -OCH3 is 1. The van der Waals surface area contributed by atoms with Crippen LogP contribution in [0.1, 0.15) is 26.7 Å². The number of guanidine groups is 1. The van der Waals surface area contributed by atoms with Crippen LogP contribution >= 0.6 is 24.0 Å². The first-order valence-corrected chi connectivity index (χ1v) is 8.45. The van der Waals surface area contributed by atoms with Crippen molar-refractivity contribution in [3.05, 3.63) is 0 Å². The topological polar surface area (TPSA) is 69.2 Å². The van der Waals surface area contributed by atoms with Crippen molar-refractivity contribution in [1.29, 1.82) is 0 Å². The summed E-state index contributed by atoms with van der Waals surface area (Å²) < 4.78 is 5.15. The van der Waals surface area contributed by atoms with Crippen LogP contribution in [0, 0.1) is 0 Å². The van der Waals surface area contributed by atoms with Crippen molar-refractivity contribution in [3.63, 3.8) is 0 Å². The molecule has 1 aliphatic rings. The Labute approximate surface area is 163 Å². The molecule has 1 heterocycles. The van der Waals surface area contributed by atoms with E-state index < -0.39 is 0 Å². The lowest BCUT2D eigenvalue weighted by Crippen LogP contribution is -2.48. The minimum absolute atomic E-state index is 0. The molecule has 142 valence electrons. The number of halogens is 1. The fourth-order valence-corrected chi connectivity index (χ4v) is 2.72. The van der Waals surface area contributed by atoms with E-state index in [2.05, 4.69) is 27.4 Å². The van der Waals surface area contributed by atoms with Gasteiger partial charge in [0.05, 0.1) is 6.61 Å². The van der Waals surface area contributed by atoms with Gasteiger partial charge in [0, 0.05) is 39.8 Å². The van der Waals surface area contributed by atoms with Gasteiger partial charge in [-0.2, -0.15) is 0 Å². The Balaban J connectivity index is 0.00000529. The predicted octanol–water partition coefficient (Wildman–Crippen LogP) is 0.747. The number of hydrogen-bond donors (Lipinski definition) is 2. The van der Waals surface area contributed by atoms with E-state index in [1.165, 1.54) is 19.4 Å². The van der Waals surface area contributed by atoms with Crippen LogP contribution < -0.4 is 10.6 Å². The summed E-state index contributed by atoms with van der Waals surface area (Å²) in [4.78, 5) is 20.2. The van der Waals surface area contributed by atoms with Crippen molar-refractivity contribution < 1.29 is 9.53 Å². The standard InChI is InChI=1S/C16H33N5O2.HI/c1-6-21-9-7-8-14(21)10-17-16(19-13(2)12-23-5)18-11-15(22)20(3)4;/h13-14H,6-12H2,1-5H3,(H2,17,18,19);1H. The molecule has 0 aromatic carbocycles. The smallest absolute Gasteiger partial charge is 0.243 e. The second-order valence-corrected chi connectivity index (χ2v) is 6.26. The van der Waals surface area contributed by atoms with Gasteiger partial charge in [-0.15, -0.1) is 24.0 Å². The molecule has 0 aromatic rings. The molecule has 0 spiro atoms. The van der Waals surface area contributed by atoms with Crippen molar-refractivity contribution in [3.8, 4) is 0 Å². The van der Waals surface area contributed by atoms with Crippen LogP contribution in [-0.4, -0.2) is 87.7 Å². The minimum Gasteiger partial charge on any atom is -0.383 e. The number of carbonyl (C=O) groups is 1. The summed E-state index contributed by atoms with van der Waals surface area (Å²) in [6.45, 7) is 8.05. The Morgan fingerprint density at radius 2 is 2.17 bits per heavy atom. The fourth-order valence-electron chi connectivity index (χ4n) is 2.72. The van der Waals surface area contributed by atoms with E-state index >= 15 is 0 Å². The molecular weight excluding hydrogens is 421 g/mol. The summed E-state index contributed by atoms with van der Waals surface area (Å²) in [5.74, 6) is 0.661. The molecule has 0 aromatic heterocycles. The number of hydrogen-bond acceptors (Lipinski definition) is 4. The van der Waals surface area contributed by atoms with Gasteiger partial charge >= 0.3 is 0 Å². The molecule has 7 nitrogen and oxygen atoms in total. The highest BCUT2D eigenvalue weighted by Gasteiger charge is 2.23. The molecule has 1 rings (SSSR count). The third-order valence-electron chi connectivity index (χ3n) is 4.08. The van der Waals surface area contributed by atoms with Gasteiger partial charge in [0.25, 0.3) is 0 Å². The first kappa shape index (κ1) is 23.4. The maximum atomic E-state index is 11.7. The van der Waals surface area contributed by atoms with E-state index in [4.69, 9.17) is 4.74 Å². The average molecular weight is 455 g/mol. The summed E-state index contributed by atoms with van der Waals surface area (Å²) >= 11 is 0. The molecule has 1 fully saturated rings. The second-order valence-electron chi connectivity index (χ2n) is 6.26. The Morgan fingerprint density at radius 1 is 1.46 bits per heavy atom. The number of likely N-dealkylation sites (N-methyl/N-ethyl adjacent to an activating group) is 2. The van der Waals surface area contributed by atoms with E-state index in [1.807, 2.05) is 6.92 Å². The molecule has 8 heteroatoms. The van der Waals surface area contributed by atoms with Crippen LogP contribution in [0.3, 0.4) is 0 Å².